The number of nitrogen functional groups attached to an aromatic ring is 1. The molecule has 9 heteroatoms. The van der Waals surface area contributed by atoms with Gasteiger partial charge in [0.05, 0.1) is 0 Å². The number of hydrogen-bond acceptors (Lipinski definition) is 8. The summed E-state index contributed by atoms with van der Waals surface area (Å²) in [6, 6.07) is 3.37. The topological polar surface area (TPSA) is 110 Å². The quantitative estimate of drug-likeness (QED) is 0.291. The lowest BCUT2D eigenvalue weighted by atomic mass is 10.4. The third-order valence-corrected chi connectivity index (χ3v) is 4.30. The maximum Gasteiger partial charge on any atom is 0.251 e. The van der Waals surface area contributed by atoms with E-state index in [1.165, 1.54) is 24.0 Å². The maximum absolute atomic E-state index is 11.3. The van der Waals surface area contributed by atoms with Gasteiger partial charge in [-0.1, -0.05) is 0 Å². The number of hydrazine groups is 1. The van der Waals surface area contributed by atoms with Gasteiger partial charge in [0.1, 0.15) is 9.86 Å². The van der Waals surface area contributed by atoms with E-state index in [-0.39, 0.29) is 5.56 Å². The molecule has 0 aliphatic carbocycles. The van der Waals surface area contributed by atoms with Crippen LogP contribution in [-0.2, 0) is 0 Å². The molecule has 0 radical (unpaired) electrons. The van der Waals surface area contributed by atoms with Crippen LogP contribution >= 0.6 is 23.1 Å². The van der Waals surface area contributed by atoms with Gasteiger partial charge in [-0.25, -0.2) is 20.8 Å². The van der Waals surface area contributed by atoms with Crippen LogP contribution in [0.1, 0.15) is 4.88 Å². The van der Waals surface area contributed by atoms with Gasteiger partial charge in [0.25, 0.3) is 5.56 Å². The highest BCUT2D eigenvalue weighted by Crippen LogP contribution is 2.33. The first-order chi connectivity index (χ1) is 9.65. The Hall–Kier alpha value is -1.97. The number of aryl methyl sites for hydroxylation is 1. The van der Waals surface area contributed by atoms with Crippen LogP contribution < -0.4 is 16.8 Å². The Morgan fingerprint density at radius 2 is 2.30 bits per heavy atom. The van der Waals surface area contributed by atoms with Crippen molar-refractivity contribution in [3.63, 3.8) is 0 Å². The fourth-order valence-corrected chi connectivity index (χ4v) is 3.44. The van der Waals surface area contributed by atoms with Gasteiger partial charge in [-0.3, -0.25) is 10.2 Å². The summed E-state index contributed by atoms with van der Waals surface area (Å²) >= 11 is 2.82. The van der Waals surface area contributed by atoms with Crippen molar-refractivity contribution in [2.45, 2.75) is 17.1 Å². The normalized spacial score (nSPS) is 10.9. The van der Waals surface area contributed by atoms with E-state index in [0.717, 1.165) is 15.1 Å². The Balaban J connectivity index is 2.11. The summed E-state index contributed by atoms with van der Waals surface area (Å²) in [6.07, 6.45) is 1.46. The molecule has 0 saturated carbocycles. The molecule has 0 spiro atoms. The van der Waals surface area contributed by atoms with Crippen LogP contribution in [-0.4, -0.2) is 19.9 Å². The molecule has 0 amide bonds. The first-order valence-electron chi connectivity index (χ1n) is 5.63. The molecule has 3 aromatic heterocycles. The molecular formula is C11H10N6OS2. The molecule has 3 aromatic rings. The smallest absolute Gasteiger partial charge is 0.251 e. The molecule has 3 heterocycles. The van der Waals surface area contributed by atoms with Gasteiger partial charge in [0, 0.05) is 22.5 Å². The number of nitrogens with zero attached hydrogens (tertiary/aromatic N) is 3. The van der Waals surface area contributed by atoms with Crippen LogP contribution in [0.15, 0.2) is 33.3 Å². The first kappa shape index (κ1) is 13.0. The largest absolute Gasteiger partial charge is 0.301 e. The Kier molecular flexibility index (Phi) is 3.38. The number of nitrogens with two attached hydrogens (primary N) is 1. The number of anilines is 1. The molecule has 7 nitrogen and oxygen atoms in total. The monoisotopic (exact) mass is 306 g/mol. The van der Waals surface area contributed by atoms with Crippen molar-refractivity contribution in [2.75, 3.05) is 5.43 Å². The summed E-state index contributed by atoms with van der Waals surface area (Å²) in [5, 5.41) is 2.09. The van der Waals surface area contributed by atoms with Crippen molar-refractivity contribution in [1.82, 2.24) is 19.9 Å². The predicted octanol–water partition coefficient (Wildman–Crippen LogP) is 1.52. The van der Waals surface area contributed by atoms with Crippen molar-refractivity contribution in [1.29, 1.82) is 0 Å². The van der Waals surface area contributed by atoms with Crippen molar-refractivity contribution in [3.05, 3.63) is 33.6 Å². The minimum absolute atomic E-state index is 0.202. The zero-order chi connectivity index (χ0) is 14.1. The molecule has 0 aromatic carbocycles. The van der Waals surface area contributed by atoms with Gasteiger partial charge in [-0.05, 0) is 24.8 Å². The van der Waals surface area contributed by atoms with Gasteiger partial charge in [0.2, 0.25) is 5.95 Å². The number of nitrogens with one attached hydrogen (secondary N) is 2. The van der Waals surface area contributed by atoms with E-state index in [1.807, 2.05) is 13.0 Å². The van der Waals surface area contributed by atoms with Crippen molar-refractivity contribution in [2.24, 2.45) is 5.84 Å². The van der Waals surface area contributed by atoms with E-state index in [2.05, 4.69) is 25.4 Å². The third-order valence-electron chi connectivity index (χ3n) is 2.45. The highest BCUT2D eigenvalue weighted by atomic mass is 32.2. The second-order valence-corrected chi connectivity index (χ2v) is 6.13. The summed E-state index contributed by atoms with van der Waals surface area (Å²) in [6.45, 7) is 2.00. The van der Waals surface area contributed by atoms with Crippen LogP contribution in [0.3, 0.4) is 0 Å². The Labute approximate surface area is 121 Å². The van der Waals surface area contributed by atoms with Crippen LogP contribution in [0.2, 0.25) is 0 Å². The van der Waals surface area contributed by atoms with Gasteiger partial charge >= 0.3 is 0 Å². The van der Waals surface area contributed by atoms with Crippen molar-refractivity contribution >= 4 is 39.3 Å². The lowest BCUT2D eigenvalue weighted by Gasteiger charge is -2.04. The van der Waals surface area contributed by atoms with E-state index in [0.29, 0.717) is 16.1 Å². The number of aromatic nitrogens is 4. The number of thiophene rings is 1. The van der Waals surface area contributed by atoms with Crippen LogP contribution in [0, 0.1) is 6.92 Å². The molecule has 0 aliphatic rings. The second kappa shape index (κ2) is 5.19. The zero-order valence-corrected chi connectivity index (χ0v) is 12.0. The average molecular weight is 306 g/mol. The zero-order valence-electron chi connectivity index (χ0n) is 10.4. The Bertz CT molecular complexity index is 827. The standard InChI is InChI=1S/C11H10N6OS2/c1-5-4-6-8(19-5)15-10(17-12)16-9(6)20-11-13-3-2-7(18)14-11/h2-4H,12H2,1H3,(H,13,14,18)(H,15,16,17). The van der Waals surface area contributed by atoms with Gasteiger partial charge in [0.15, 0.2) is 5.16 Å². The van der Waals surface area contributed by atoms with E-state index >= 15 is 0 Å². The molecule has 4 N–H and O–H groups in total. The Morgan fingerprint density at radius 3 is 3.05 bits per heavy atom. The highest BCUT2D eigenvalue weighted by molar-refractivity contribution is 7.99. The predicted molar refractivity (Wildman–Crippen MR) is 78.9 cm³/mol. The first-order valence-corrected chi connectivity index (χ1v) is 7.27. The molecule has 102 valence electrons. The van der Waals surface area contributed by atoms with Gasteiger partial charge < -0.3 is 4.98 Å². The molecule has 0 saturated heterocycles. The van der Waals surface area contributed by atoms with E-state index in [1.54, 1.807) is 11.3 Å². The average Bonchev–Trinajstić information content (AvgIpc) is 2.79. The minimum atomic E-state index is -0.202. The number of aromatic amines is 1. The lowest BCUT2D eigenvalue weighted by Crippen LogP contribution is -2.10. The van der Waals surface area contributed by atoms with Gasteiger partial charge in [-0.2, -0.15) is 0 Å². The fourth-order valence-electron chi connectivity index (χ4n) is 1.65. The molecule has 0 atom stereocenters. The number of rotatable bonds is 3. The molecule has 0 aliphatic heterocycles. The fraction of sp³-hybridized carbons (Fsp3) is 0.0909. The number of hydrogen-bond donors (Lipinski definition) is 3. The summed E-state index contributed by atoms with van der Waals surface area (Å²) in [5.74, 6) is 5.71. The number of fused-ring (bicyclic) bond motifs is 1. The summed E-state index contributed by atoms with van der Waals surface area (Å²) in [5.41, 5.74) is 2.24. The molecular weight excluding hydrogens is 296 g/mol. The van der Waals surface area contributed by atoms with Crippen LogP contribution in [0.5, 0.6) is 0 Å². The maximum atomic E-state index is 11.3. The third kappa shape index (κ3) is 2.50. The summed E-state index contributed by atoms with van der Waals surface area (Å²) < 4.78 is 0. The SMILES string of the molecule is Cc1cc2c(Sc3nccc(=O)[nH]3)nc(NN)nc2s1. The summed E-state index contributed by atoms with van der Waals surface area (Å²) in [4.78, 5) is 28.6. The molecule has 0 bridgehead atoms. The van der Waals surface area contributed by atoms with Crippen molar-refractivity contribution in [3.8, 4) is 0 Å². The number of H-pyrrole nitrogens is 1. The molecule has 3 rings (SSSR count). The molecule has 20 heavy (non-hydrogen) atoms. The van der Waals surface area contributed by atoms with Gasteiger partial charge in [-0.15, -0.1) is 11.3 Å². The molecule has 0 unspecified atom stereocenters. The lowest BCUT2D eigenvalue weighted by molar-refractivity contribution is 0.932. The van der Waals surface area contributed by atoms with Crippen LogP contribution in [0.4, 0.5) is 5.95 Å². The second-order valence-electron chi connectivity index (χ2n) is 3.91. The van der Waals surface area contributed by atoms with E-state index in [4.69, 9.17) is 5.84 Å². The van der Waals surface area contributed by atoms with Crippen molar-refractivity contribution < 1.29 is 0 Å². The van der Waals surface area contributed by atoms with Crippen LogP contribution in [0.25, 0.3) is 10.2 Å². The highest BCUT2D eigenvalue weighted by Gasteiger charge is 2.12. The Morgan fingerprint density at radius 1 is 1.45 bits per heavy atom. The molecule has 0 fully saturated rings. The van der Waals surface area contributed by atoms with E-state index in [9.17, 15) is 4.79 Å². The van der Waals surface area contributed by atoms with E-state index < -0.39 is 0 Å². The summed E-state index contributed by atoms with van der Waals surface area (Å²) in [7, 11) is 0. The minimum Gasteiger partial charge on any atom is -0.301 e.